The van der Waals surface area contributed by atoms with Gasteiger partial charge in [0.05, 0.1) is 25.9 Å². The van der Waals surface area contributed by atoms with Crippen molar-refractivity contribution in [2.45, 2.75) is 25.3 Å². The third-order valence-corrected chi connectivity index (χ3v) is 4.02. The number of aromatic nitrogens is 1. The number of nitrogens with zero attached hydrogens (tertiary/aromatic N) is 3. The van der Waals surface area contributed by atoms with E-state index in [1.807, 2.05) is 11.0 Å². The van der Waals surface area contributed by atoms with Gasteiger partial charge in [-0.05, 0) is 30.9 Å². The molecule has 1 aromatic rings. The van der Waals surface area contributed by atoms with Crippen LogP contribution in [0.15, 0.2) is 6.07 Å². The van der Waals surface area contributed by atoms with Gasteiger partial charge >= 0.3 is 5.97 Å². The van der Waals surface area contributed by atoms with Crippen LogP contribution in [0.5, 0.6) is 0 Å². The molecule has 6 nitrogen and oxygen atoms in total. The molecule has 2 heterocycles. The molecule has 2 aliphatic rings. The highest BCUT2D eigenvalue weighted by Gasteiger charge is 2.33. The molecule has 0 saturated carbocycles. The van der Waals surface area contributed by atoms with E-state index in [0.717, 1.165) is 30.5 Å². The average molecular weight is 287 g/mol. The fraction of sp³-hybridized carbons (Fsp3) is 0.533. The molecule has 110 valence electrons. The minimum Gasteiger partial charge on any atom is -0.467 e. The molecule has 1 saturated heterocycles. The van der Waals surface area contributed by atoms with E-state index >= 15 is 0 Å². The number of carbonyl (C=O) groups is 1. The van der Waals surface area contributed by atoms with Crippen LogP contribution in [0.2, 0.25) is 0 Å². The highest BCUT2D eigenvalue weighted by atomic mass is 16.5. The van der Waals surface area contributed by atoms with Crippen LogP contribution in [0, 0.1) is 11.3 Å². The van der Waals surface area contributed by atoms with Crippen molar-refractivity contribution in [1.82, 2.24) is 4.98 Å². The Kier molecular flexibility index (Phi) is 3.76. The van der Waals surface area contributed by atoms with Gasteiger partial charge in [-0.1, -0.05) is 0 Å². The lowest BCUT2D eigenvalue weighted by Crippen LogP contribution is -2.51. The maximum atomic E-state index is 11.9. The van der Waals surface area contributed by atoms with Crippen molar-refractivity contribution in [3.8, 4) is 6.07 Å². The molecule has 1 fully saturated rings. The lowest BCUT2D eigenvalue weighted by atomic mass is 10.1. The number of pyridine rings is 1. The maximum Gasteiger partial charge on any atom is 0.330 e. The van der Waals surface area contributed by atoms with Crippen molar-refractivity contribution in [1.29, 1.82) is 5.26 Å². The van der Waals surface area contributed by atoms with Gasteiger partial charge in [-0.25, -0.2) is 9.78 Å². The second-order valence-electron chi connectivity index (χ2n) is 5.24. The molecule has 0 bridgehead atoms. The van der Waals surface area contributed by atoms with Crippen LogP contribution in [0.1, 0.15) is 23.2 Å². The lowest BCUT2D eigenvalue weighted by Gasteiger charge is -2.35. The molecule has 0 spiro atoms. The van der Waals surface area contributed by atoms with E-state index in [1.54, 1.807) is 0 Å². The van der Waals surface area contributed by atoms with Crippen LogP contribution in [0.4, 0.5) is 5.82 Å². The topological polar surface area (TPSA) is 75.5 Å². The Balaban J connectivity index is 2.01. The van der Waals surface area contributed by atoms with Crippen LogP contribution in [0.3, 0.4) is 0 Å². The number of hydrogen-bond donors (Lipinski definition) is 0. The monoisotopic (exact) mass is 287 g/mol. The first-order chi connectivity index (χ1) is 10.2. The highest BCUT2D eigenvalue weighted by Crippen LogP contribution is 2.29. The van der Waals surface area contributed by atoms with Gasteiger partial charge in [0.2, 0.25) is 0 Å². The third-order valence-electron chi connectivity index (χ3n) is 4.02. The molecule has 0 radical (unpaired) electrons. The molecule has 1 unspecified atom stereocenters. The Morgan fingerprint density at radius 2 is 2.43 bits per heavy atom. The van der Waals surface area contributed by atoms with Gasteiger partial charge in [0.15, 0.2) is 6.04 Å². The summed E-state index contributed by atoms with van der Waals surface area (Å²) in [5.74, 6) is 0.220. The predicted molar refractivity (Wildman–Crippen MR) is 74.9 cm³/mol. The molecular formula is C15H17N3O3. The lowest BCUT2D eigenvalue weighted by molar-refractivity contribution is -0.144. The van der Waals surface area contributed by atoms with E-state index in [0.29, 0.717) is 24.5 Å². The Labute approximate surface area is 123 Å². The zero-order valence-electron chi connectivity index (χ0n) is 12.0. The molecule has 0 N–H and O–H groups in total. The van der Waals surface area contributed by atoms with Gasteiger partial charge in [0, 0.05) is 12.2 Å². The number of nitriles is 1. The highest BCUT2D eigenvalue weighted by molar-refractivity contribution is 5.80. The minimum absolute atomic E-state index is 0.260. The molecular weight excluding hydrogens is 270 g/mol. The molecule has 1 aliphatic heterocycles. The third kappa shape index (κ3) is 2.45. The Hall–Kier alpha value is -2.13. The van der Waals surface area contributed by atoms with Gasteiger partial charge < -0.3 is 14.4 Å². The Morgan fingerprint density at radius 1 is 1.57 bits per heavy atom. The molecule has 1 atom stereocenters. The average Bonchev–Trinajstić information content (AvgIpc) is 3.00. The second-order valence-corrected chi connectivity index (χ2v) is 5.24. The predicted octanol–water partition coefficient (Wildman–Crippen LogP) is 0.820. The van der Waals surface area contributed by atoms with Gasteiger partial charge in [-0.15, -0.1) is 0 Å². The Bertz CT molecular complexity index is 609. The zero-order valence-corrected chi connectivity index (χ0v) is 12.0. The van der Waals surface area contributed by atoms with Crippen LogP contribution >= 0.6 is 0 Å². The number of aryl methyl sites for hydroxylation is 2. The minimum atomic E-state index is -0.539. The number of ether oxygens (including phenoxy) is 2. The molecule has 0 amide bonds. The van der Waals surface area contributed by atoms with E-state index in [1.165, 1.54) is 7.11 Å². The van der Waals surface area contributed by atoms with Gasteiger partial charge in [-0.2, -0.15) is 5.26 Å². The first-order valence-electron chi connectivity index (χ1n) is 7.09. The number of carbonyl (C=O) groups excluding carboxylic acids is 1. The van der Waals surface area contributed by atoms with Crippen LogP contribution in [-0.2, 0) is 27.1 Å². The van der Waals surface area contributed by atoms with E-state index in [4.69, 9.17) is 9.47 Å². The van der Waals surface area contributed by atoms with E-state index < -0.39 is 6.04 Å². The number of fused-ring (bicyclic) bond motifs is 1. The fourth-order valence-electron chi connectivity index (χ4n) is 2.95. The molecule has 3 rings (SSSR count). The number of hydrogen-bond acceptors (Lipinski definition) is 6. The molecule has 6 heteroatoms. The van der Waals surface area contributed by atoms with E-state index in [2.05, 4.69) is 11.1 Å². The molecule has 1 aliphatic carbocycles. The number of methoxy groups -OCH3 is 1. The summed E-state index contributed by atoms with van der Waals surface area (Å²) >= 11 is 0. The van der Waals surface area contributed by atoms with Crippen molar-refractivity contribution in [2.75, 3.05) is 31.8 Å². The van der Waals surface area contributed by atoms with Gasteiger partial charge in [0.25, 0.3) is 0 Å². The number of morpholine rings is 1. The quantitative estimate of drug-likeness (QED) is 0.750. The summed E-state index contributed by atoms with van der Waals surface area (Å²) in [5, 5.41) is 9.40. The normalized spacial score (nSPS) is 20.8. The van der Waals surface area contributed by atoms with Gasteiger partial charge in [0.1, 0.15) is 11.9 Å². The second kappa shape index (κ2) is 5.70. The summed E-state index contributed by atoms with van der Waals surface area (Å²) < 4.78 is 10.2. The van der Waals surface area contributed by atoms with E-state index in [-0.39, 0.29) is 12.6 Å². The molecule has 0 aromatic carbocycles. The number of anilines is 1. The smallest absolute Gasteiger partial charge is 0.330 e. The van der Waals surface area contributed by atoms with Crippen molar-refractivity contribution < 1.29 is 14.3 Å². The van der Waals surface area contributed by atoms with Crippen molar-refractivity contribution in [2.24, 2.45) is 0 Å². The van der Waals surface area contributed by atoms with Crippen molar-refractivity contribution >= 4 is 11.8 Å². The standard InChI is InChI=1S/C15H17N3O3/c1-20-15(19)13-9-21-6-5-18(13)14-11(8-16)7-10-3-2-4-12(10)17-14/h7,13H,2-6,9H2,1H3. The first kappa shape index (κ1) is 13.8. The summed E-state index contributed by atoms with van der Waals surface area (Å²) in [6, 6.07) is 3.58. The number of rotatable bonds is 2. The maximum absolute atomic E-state index is 11.9. The fourth-order valence-corrected chi connectivity index (χ4v) is 2.95. The van der Waals surface area contributed by atoms with Crippen molar-refractivity contribution in [3.63, 3.8) is 0 Å². The van der Waals surface area contributed by atoms with Crippen molar-refractivity contribution in [3.05, 3.63) is 22.9 Å². The van der Waals surface area contributed by atoms with Crippen LogP contribution in [-0.4, -0.2) is 43.9 Å². The SMILES string of the molecule is COC(=O)C1COCCN1c1nc2c(cc1C#N)CCC2. The summed E-state index contributed by atoms with van der Waals surface area (Å²) in [5.41, 5.74) is 2.71. The summed E-state index contributed by atoms with van der Waals surface area (Å²) in [6.07, 6.45) is 2.97. The first-order valence-corrected chi connectivity index (χ1v) is 7.09. The largest absolute Gasteiger partial charge is 0.467 e. The van der Waals surface area contributed by atoms with Crippen LogP contribution in [0.25, 0.3) is 0 Å². The summed E-state index contributed by atoms with van der Waals surface area (Å²) in [7, 11) is 1.36. The molecule has 1 aromatic heterocycles. The zero-order chi connectivity index (χ0) is 14.8. The summed E-state index contributed by atoms with van der Waals surface area (Å²) in [4.78, 5) is 18.4. The van der Waals surface area contributed by atoms with Crippen LogP contribution < -0.4 is 4.90 Å². The number of esters is 1. The van der Waals surface area contributed by atoms with Gasteiger partial charge in [-0.3, -0.25) is 0 Å². The molecule has 21 heavy (non-hydrogen) atoms. The van der Waals surface area contributed by atoms with E-state index in [9.17, 15) is 10.1 Å². The Morgan fingerprint density at radius 3 is 3.19 bits per heavy atom. The summed E-state index contributed by atoms with van der Waals surface area (Å²) in [6.45, 7) is 1.30.